The Balaban J connectivity index is 1.63. The van der Waals surface area contributed by atoms with E-state index in [1.807, 2.05) is 30.3 Å². The second-order valence-electron chi connectivity index (χ2n) is 5.42. The topological polar surface area (TPSA) is 29.5 Å². The lowest BCUT2D eigenvalue weighted by Gasteiger charge is -2.29. The molecule has 0 saturated heterocycles. The minimum Gasteiger partial charge on any atom is -0.445 e. The van der Waals surface area contributed by atoms with Gasteiger partial charge >= 0.3 is 6.09 Å². The molecule has 1 aliphatic rings. The standard InChI is InChI=1S/C18H19NO2/c1-14-6-5-9-16-10-11-19(12-17(14)16)18(20)21-13-15-7-3-2-4-8-15/h2-9H,10-13H2,1H3. The molecule has 3 heteroatoms. The summed E-state index contributed by atoms with van der Waals surface area (Å²) in [6.07, 6.45) is 0.671. The Bertz CT molecular complexity index is 637. The monoisotopic (exact) mass is 281 g/mol. The van der Waals surface area contributed by atoms with Gasteiger partial charge in [-0.25, -0.2) is 4.79 Å². The molecular formula is C18H19NO2. The fraction of sp³-hybridized carbons (Fsp3) is 0.278. The third kappa shape index (κ3) is 3.07. The molecule has 0 aliphatic carbocycles. The van der Waals surface area contributed by atoms with Crippen LogP contribution in [0, 0.1) is 6.92 Å². The highest BCUT2D eigenvalue weighted by molar-refractivity contribution is 5.68. The van der Waals surface area contributed by atoms with Crippen LogP contribution in [0.3, 0.4) is 0 Å². The third-order valence-electron chi connectivity index (χ3n) is 3.97. The van der Waals surface area contributed by atoms with Gasteiger partial charge in [-0.05, 0) is 35.6 Å². The average molecular weight is 281 g/mol. The van der Waals surface area contributed by atoms with Crippen molar-refractivity contribution in [3.8, 4) is 0 Å². The number of fused-ring (bicyclic) bond motifs is 1. The van der Waals surface area contributed by atoms with Crippen molar-refractivity contribution in [3.63, 3.8) is 0 Å². The number of nitrogens with zero attached hydrogens (tertiary/aromatic N) is 1. The van der Waals surface area contributed by atoms with Crippen LogP contribution < -0.4 is 0 Å². The molecule has 108 valence electrons. The maximum atomic E-state index is 12.2. The molecule has 0 radical (unpaired) electrons. The van der Waals surface area contributed by atoms with Crippen LogP contribution in [0.1, 0.15) is 22.3 Å². The van der Waals surface area contributed by atoms with Crippen LogP contribution >= 0.6 is 0 Å². The van der Waals surface area contributed by atoms with Crippen molar-refractivity contribution in [1.82, 2.24) is 4.90 Å². The van der Waals surface area contributed by atoms with Crippen molar-refractivity contribution in [2.45, 2.75) is 26.5 Å². The predicted octanol–water partition coefficient (Wildman–Crippen LogP) is 3.69. The predicted molar refractivity (Wildman–Crippen MR) is 81.9 cm³/mol. The smallest absolute Gasteiger partial charge is 0.410 e. The fourth-order valence-corrected chi connectivity index (χ4v) is 2.72. The quantitative estimate of drug-likeness (QED) is 0.840. The van der Waals surface area contributed by atoms with E-state index in [0.717, 1.165) is 18.5 Å². The molecule has 0 aromatic heterocycles. The first-order valence-electron chi connectivity index (χ1n) is 7.27. The molecule has 0 spiro atoms. The minimum atomic E-state index is -0.229. The first-order chi connectivity index (χ1) is 10.2. The number of aryl methyl sites for hydroxylation is 1. The highest BCUT2D eigenvalue weighted by atomic mass is 16.6. The van der Waals surface area contributed by atoms with Crippen LogP contribution in [-0.2, 0) is 24.3 Å². The zero-order valence-corrected chi connectivity index (χ0v) is 12.2. The van der Waals surface area contributed by atoms with Gasteiger partial charge in [-0.3, -0.25) is 0 Å². The Labute approximate surface area is 125 Å². The summed E-state index contributed by atoms with van der Waals surface area (Å²) in [6, 6.07) is 16.1. The molecule has 0 fully saturated rings. The molecule has 0 atom stereocenters. The van der Waals surface area contributed by atoms with Crippen molar-refractivity contribution < 1.29 is 9.53 Å². The summed E-state index contributed by atoms with van der Waals surface area (Å²) in [7, 11) is 0. The molecule has 3 nitrogen and oxygen atoms in total. The van der Waals surface area contributed by atoms with Gasteiger partial charge in [0, 0.05) is 13.1 Å². The SMILES string of the molecule is Cc1cccc2c1CN(C(=O)OCc1ccccc1)CC2. The van der Waals surface area contributed by atoms with Crippen molar-refractivity contribution in [3.05, 3.63) is 70.8 Å². The van der Waals surface area contributed by atoms with Crippen molar-refractivity contribution in [2.24, 2.45) is 0 Å². The van der Waals surface area contributed by atoms with Gasteiger partial charge in [-0.1, -0.05) is 48.5 Å². The van der Waals surface area contributed by atoms with Gasteiger partial charge in [0.25, 0.3) is 0 Å². The molecule has 1 aliphatic heterocycles. The van der Waals surface area contributed by atoms with Gasteiger partial charge in [0.2, 0.25) is 0 Å². The van der Waals surface area contributed by atoms with E-state index in [-0.39, 0.29) is 6.09 Å². The van der Waals surface area contributed by atoms with E-state index in [1.54, 1.807) is 4.90 Å². The molecule has 2 aromatic rings. The second-order valence-corrected chi connectivity index (χ2v) is 5.42. The summed E-state index contributed by atoms with van der Waals surface area (Å²) in [5, 5.41) is 0. The average Bonchev–Trinajstić information content (AvgIpc) is 2.54. The van der Waals surface area contributed by atoms with Gasteiger partial charge in [0.15, 0.2) is 0 Å². The van der Waals surface area contributed by atoms with Crippen LogP contribution in [-0.4, -0.2) is 17.5 Å². The largest absolute Gasteiger partial charge is 0.445 e. The van der Waals surface area contributed by atoms with Crippen LogP contribution in [0.4, 0.5) is 4.79 Å². The lowest BCUT2D eigenvalue weighted by molar-refractivity contribution is 0.0918. The number of carbonyl (C=O) groups is 1. The van der Waals surface area contributed by atoms with Crippen LogP contribution in [0.15, 0.2) is 48.5 Å². The number of carbonyl (C=O) groups excluding carboxylic acids is 1. The zero-order chi connectivity index (χ0) is 14.7. The Morgan fingerprint density at radius 2 is 1.95 bits per heavy atom. The Hall–Kier alpha value is -2.29. The Morgan fingerprint density at radius 3 is 2.76 bits per heavy atom. The Kier molecular flexibility index (Phi) is 3.91. The van der Waals surface area contributed by atoms with Gasteiger partial charge in [-0.15, -0.1) is 0 Å². The molecule has 21 heavy (non-hydrogen) atoms. The van der Waals surface area contributed by atoms with Crippen molar-refractivity contribution in [2.75, 3.05) is 6.54 Å². The maximum Gasteiger partial charge on any atom is 0.410 e. The molecule has 2 aromatic carbocycles. The first-order valence-corrected chi connectivity index (χ1v) is 7.27. The molecule has 0 unspecified atom stereocenters. The first kappa shape index (κ1) is 13.7. The molecule has 0 N–H and O–H groups in total. The summed E-state index contributed by atoms with van der Waals surface area (Å²) in [6.45, 7) is 3.80. The molecule has 0 bridgehead atoms. The van der Waals surface area contributed by atoms with Crippen LogP contribution in [0.5, 0.6) is 0 Å². The Morgan fingerprint density at radius 1 is 1.14 bits per heavy atom. The summed E-state index contributed by atoms with van der Waals surface area (Å²) in [4.78, 5) is 14.0. The van der Waals surface area contributed by atoms with Crippen molar-refractivity contribution in [1.29, 1.82) is 0 Å². The third-order valence-corrected chi connectivity index (χ3v) is 3.97. The normalized spacial score (nSPS) is 13.7. The summed E-state index contributed by atoms with van der Waals surface area (Å²) >= 11 is 0. The molecule has 1 heterocycles. The maximum absolute atomic E-state index is 12.2. The van der Waals surface area contributed by atoms with Gasteiger partial charge in [0.05, 0.1) is 0 Å². The minimum absolute atomic E-state index is 0.229. The van der Waals surface area contributed by atoms with E-state index in [1.165, 1.54) is 16.7 Å². The van der Waals surface area contributed by atoms with E-state index in [2.05, 4.69) is 25.1 Å². The van der Waals surface area contributed by atoms with E-state index < -0.39 is 0 Å². The summed E-state index contributed by atoms with van der Waals surface area (Å²) in [5.41, 5.74) is 4.87. The summed E-state index contributed by atoms with van der Waals surface area (Å²) in [5.74, 6) is 0. The highest BCUT2D eigenvalue weighted by Crippen LogP contribution is 2.22. The van der Waals surface area contributed by atoms with E-state index in [9.17, 15) is 4.79 Å². The van der Waals surface area contributed by atoms with Crippen LogP contribution in [0.25, 0.3) is 0 Å². The van der Waals surface area contributed by atoms with Gasteiger partial charge in [0.1, 0.15) is 6.61 Å². The zero-order valence-electron chi connectivity index (χ0n) is 12.2. The van der Waals surface area contributed by atoms with E-state index in [0.29, 0.717) is 13.2 Å². The lowest BCUT2D eigenvalue weighted by Crippen LogP contribution is -2.36. The van der Waals surface area contributed by atoms with E-state index in [4.69, 9.17) is 4.74 Å². The second kappa shape index (κ2) is 6.00. The number of hydrogen-bond donors (Lipinski definition) is 0. The van der Waals surface area contributed by atoms with Crippen molar-refractivity contribution >= 4 is 6.09 Å². The molecule has 0 saturated carbocycles. The number of amides is 1. The molecule has 1 amide bonds. The van der Waals surface area contributed by atoms with E-state index >= 15 is 0 Å². The number of ether oxygens (including phenoxy) is 1. The van der Waals surface area contributed by atoms with Gasteiger partial charge < -0.3 is 9.64 Å². The number of hydrogen-bond acceptors (Lipinski definition) is 2. The number of benzene rings is 2. The molecular weight excluding hydrogens is 262 g/mol. The fourth-order valence-electron chi connectivity index (χ4n) is 2.72. The van der Waals surface area contributed by atoms with Gasteiger partial charge in [-0.2, -0.15) is 0 Å². The van der Waals surface area contributed by atoms with Crippen LogP contribution in [0.2, 0.25) is 0 Å². The highest BCUT2D eigenvalue weighted by Gasteiger charge is 2.22. The summed E-state index contributed by atoms with van der Waals surface area (Å²) < 4.78 is 5.41. The molecule has 3 rings (SSSR count). The number of rotatable bonds is 2. The lowest BCUT2D eigenvalue weighted by atomic mass is 9.96.